The van der Waals surface area contributed by atoms with Gasteiger partial charge in [0.2, 0.25) is 12.5 Å². The molecule has 1 N–H and O–H groups in total. The van der Waals surface area contributed by atoms with Crippen molar-refractivity contribution in [3.05, 3.63) is 155 Å². The molecule has 2 aliphatic heterocycles. The van der Waals surface area contributed by atoms with Crippen LogP contribution in [0.4, 0.5) is 17.6 Å². The number of hydrogen-bond acceptors (Lipinski definition) is 7. The molecule has 0 saturated heterocycles. The van der Waals surface area contributed by atoms with Gasteiger partial charge in [0.15, 0.2) is 18.0 Å². The second-order valence-corrected chi connectivity index (χ2v) is 14.3. The third-order valence-electron chi connectivity index (χ3n) is 9.41. The van der Waals surface area contributed by atoms with Crippen LogP contribution < -0.4 is 26.5 Å². The maximum Gasteiger partial charge on any atom is 0.231 e. The molecule has 0 amide bonds. The number of benzene rings is 4. The van der Waals surface area contributed by atoms with Crippen LogP contribution in [0.1, 0.15) is 54.2 Å². The van der Waals surface area contributed by atoms with Crippen molar-refractivity contribution in [3.8, 4) is 11.5 Å². The number of aromatic nitrogens is 6. The summed E-state index contributed by atoms with van der Waals surface area (Å²) in [7, 11) is 0. The van der Waals surface area contributed by atoms with Crippen molar-refractivity contribution in [2.24, 2.45) is 0 Å². The van der Waals surface area contributed by atoms with Crippen molar-refractivity contribution in [1.82, 2.24) is 29.5 Å². The first kappa shape index (κ1) is 39.3. The van der Waals surface area contributed by atoms with Gasteiger partial charge in [0.1, 0.15) is 60.7 Å². The highest BCUT2D eigenvalue weighted by Crippen LogP contribution is 2.37. The van der Waals surface area contributed by atoms with E-state index in [1.165, 1.54) is 58.4 Å². The normalized spacial score (nSPS) is 13.5. The molecule has 2 aliphatic rings. The summed E-state index contributed by atoms with van der Waals surface area (Å²) in [6, 6.07) is 19.3. The Hall–Kier alpha value is -5.41. The number of hydrogen-bond donors (Lipinski definition) is 1. The molecular formula is C40H38BrF4N7O3. The second-order valence-electron chi connectivity index (χ2n) is 14.3. The zero-order chi connectivity index (χ0) is 38.0. The molecule has 0 radical (unpaired) electrons. The molecule has 8 rings (SSSR count). The fourth-order valence-electron chi connectivity index (χ4n) is 6.69. The van der Waals surface area contributed by atoms with E-state index in [-0.39, 0.29) is 47.8 Å². The number of aliphatic hydroxyl groups is 1. The maximum atomic E-state index is 15.0. The Morgan fingerprint density at radius 1 is 0.745 bits per heavy atom. The van der Waals surface area contributed by atoms with E-state index in [2.05, 4.69) is 69.8 Å². The minimum absolute atomic E-state index is 0. The summed E-state index contributed by atoms with van der Waals surface area (Å²) in [4.78, 5) is 7.57. The Bertz CT molecular complexity index is 2260. The second kappa shape index (κ2) is 16.1. The summed E-state index contributed by atoms with van der Waals surface area (Å²) in [6.45, 7) is 7.96. The lowest BCUT2D eigenvalue weighted by molar-refractivity contribution is -0.544. The maximum absolute atomic E-state index is 15.0. The van der Waals surface area contributed by atoms with Crippen LogP contribution in [-0.4, -0.2) is 58.3 Å². The van der Waals surface area contributed by atoms with Crippen molar-refractivity contribution < 1.29 is 53.7 Å². The molecule has 55 heavy (non-hydrogen) atoms. The molecule has 15 heteroatoms. The van der Waals surface area contributed by atoms with Gasteiger partial charge < -0.3 is 31.6 Å². The molecule has 0 spiro atoms. The molecule has 10 nitrogen and oxygen atoms in total. The lowest BCUT2D eigenvalue weighted by atomic mass is 9.86. The van der Waals surface area contributed by atoms with Crippen LogP contribution in [0.3, 0.4) is 0 Å². The number of halogens is 5. The van der Waals surface area contributed by atoms with Gasteiger partial charge in [-0.05, 0) is 46.9 Å². The number of nitrogens with zero attached hydrogens (tertiary/aromatic N) is 7. The zero-order valence-corrected chi connectivity index (χ0v) is 31.9. The van der Waals surface area contributed by atoms with E-state index in [4.69, 9.17) is 9.47 Å². The highest BCUT2D eigenvalue weighted by atomic mass is 79.9. The highest BCUT2D eigenvalue weighted by Gasteiger charge is 2.35. The average Bonchev–Trinajstić information content (AvgIpc) is 3.92. The number of fused-ring (bicyclic) bond motifs is 2. The predicted molar refractivity (Wildman–Crippen MR) is 190 cm³/mol. The number of rotatable bonds is 8. The first-order valence-corrected chi connectivity index (χ1v) is 17.3. The van der Waals surface area contributed by atoms with Gasteiger partial charge in [-0.1, -0.05) is 51.1 Å². The summed E-state index contributed by atoms with van der Waals surface area (Å²) < 4.78 is 71.9. The summed E-state index contributed by atoms with van der Waals surface area (Å²) >= 11 is 0. The topological polar surface area (TPSA) is 103 Å². The lowest BCUT2D eigenvalue weighted by Crippen LogP contribution is -3.00. The molecule has 2 aromatic heterocycles. The van der Waals surface area contributed by atoms with Crippen LogP contribution in [0.5, 0.6) is 11.5 Å². The largest absolute Gasteiger partial charge is 1.00 e. The molecule has 286 valence electrons. The van der Waals surface area contributed by atoms with E-state index >= 15 is 0 Å². The molecule has 0 atom stereocenters. The Labute approximate surface area is 325 Å². The molecule has 6 aromatic rings. The van der Waals surface area contributed by atoms with Crippen molar-refractivity contribution in [1.29, 1.82) is 0 Å². The standard InChI is InChI=1S/C27H26F2NO2.C13H12F2N6O.BrH/c1-27(2,3)19-6-4-17(5-7-19)15-30-11-10-18-12-24-25(32-16-31-24)14-22(18)26(30)21-9-8-20(28)13-23(21)29;14-10-1-2-11(12(15)3-10)13(22,4-20-8-16-6-18-20)5-21-9-17-7-19-21;/h4-9,12-14H,10-11,15-16H2,1-3H3;1-3,6-9,22H,4-5H2;1H/q+1;;/p-1. The first-order chi connectivity index (χ1) is 25.9. The van der Waals surface area contributed by atoms with Gasteiger partial charge in [-0.3, -0.25) is 0 Å². The van der Waals surface area contributed by atoms with Crippen molar-refractivity contribution in [2.45, 2.75) is 57.8 Å². The SMILES string of the molecule is CC(C)(C)c1ccc(C[N+]2=C(c3ccc(F)cc3F)c3cc4c(cc3CC2)OCO4)cc1.OC(Cn1cncn1)(Cn1cncn1)c1ccc(F)cc1F.[Br-]. The van der Waals surface area contributed by atoms with Crippen LogP contribution in [0.15, 0.2) is 98.1 Å². The molecule has 0 fully saturated rings. The fourth-order valence-corrected chi connectivity index (χ4v) is 6.69. The van der Waals surface area contributed by atoms with E-state index < -0.39 is 28.9 Å². The van der Waals surface area contributed by atoms with Gasteiger partial charge in [-0.15, -0.1) is 0 Å². The third kappa shape index (κ3) is 8.78. The first-order valence-electron chi connectivity index (χ1n) is 17.3. The summed E-state index contributed by atoms with van der Waals surface area (Å²) in [5, 5.41) is 18.8. The van der Waals surface area contributed by atoms with Crippen molar-refractivity contribution in [3.63, 3.8) is 0 Å². The molecule has 0 bridgehead atoms. The number of ether oxygens (including phenoxy) is 2. The van der Waals surface area contributed by atoms with E-state index in [9.17, 15) is 22.7 Å². The molecular weight excluding hydrogens is 782 g/mol. The fraction of sp³-hybridized carbons (Fsp3) is 0.275. The molecule has 4 heterocycles. The van der Waals surface area contributed by atoms with E-state index in [1.54, 1.807) is 0 Å². The van der Waals surface area contributed by atoms with Gasteiger partial charge in [0, 0.05) is 29.7 Å². The van der Waals surface area contributed by atoms with Gasteiger partial charge >= 0.3 is 0 Å². The highest BCUT2D eigenvalue weighted by molar-refractivity contribution is 6.11. The van der Waals surface area contributed by atoms with Crippen LogP contribution in [0.25, 0.3) is 0 Å². The average molecular weight is 821 g/mol. The Kier molecular flexibility index (Phi) is 11.5. The molecule has 0 aliphatic carbocycles. The summed E-state index contributed by atoms with van der Waals surface area (Å²) in [6.07, 6.45) is 6.20. The monoisotopic (exact) mass is 819 g/mol. The summed E-state index contributed by atoms with van der Waals surface area (Å²) in [5.41, 5.74) is 3.86. The molecule has 0 unspecified atom stereocenters. The Balaban J connectivity index is 0.000000196. The van der Waals surface area contributed by atoms with Gasteiger partial charge in [-0.2, -0.15) is 10.2 Å². The third-order valence-corrected chi connectivity index (χ3v) is 9.41. The van der Waals surface area contributed by atoms with Gasteiger partial charge in [0.25, 0.3) is 0 Å². The molecule has 4 aromatic carbocycles. The minimum atomic E-state index is -1.70. The minimum Gasteiger partial charge on any atom is -1.00 e. The van der Waals surface area contributed by atoms with Crippen LogP contribution in [0, 0.1) is 23.3 Å². The van der Waals surface area contributed by atoms with E-state index in [1.807, 2.05) is 12.1 Å². The Morgan fingerprint density at radius 2 is 1.35 bits per heavy atom. The van der Waals surface area contributed by atoms with Crippen LogP contribution >= 0.6 is 0 Å². The lowest BCUT2D eigenvalue weighted by Gasteiger charge is -2.28. The quantitative estimate of drug-likeness (QED) is 0.186. The van der Waals surface area contributed by atoms with E-state index in [0.717, 1.165) is 53.6 Å². The van der Waals surface area contributed by atoms with Gasteiger partial charge in [-0.25, -0.2) is 41.5 Å². The smallest absolute Gasteiger partial charge is 0.231 e. The van der Waals surface area contributed by atoms with E-state index in [0.29, 0.717) is 23.6 Å². The molecule has 0 saturated carbocycles. The van der Waals surface area contributed by atoms with Crippen molar-refractivity contribution in [2.75, 3.05) is 13.3 Å². The summed E-state index contributed by atoms with van der Waals surface area (Å²) in [5.74, 6) is -1.35. The van der Waals surface area contributed by atoms with Crippen LogP contribution in [0.2, 0.25) is 0 Å². The van der Waals surface area contributed by atoms with Crippen LogP contribution in [-0.2, 0) is 37.1 Å². The van der Waals surface area contributed by atoms with Gasteiger partial charge in [0.05, 0.1) is 24.2 Å². The Morgan fingerprint density at radius 3 is 1.91 bits per heavy atom. The zero-order valence-electron chi connectivity index (χ0n) is 30.3. The predicted octanol–water partition coefficient (Wildman–Crippen LogP) is 3.34. The van der Waals surface area contributed by atoms with Crippen molar-refractivity contribution >= 4 is 5.71 Å².